The van der Waals surface area contributed by atoms with Gasteiger partial charge in [0.15, 0.2) is 0 Å². The summed E-state index contributed by atoms with van der Waals surface area (Å²) in [5.74, 6) is 0. The van der Waals surface area contributed by atoms with Crippen LogP contribution < -0.4 is 5.32 Å². The van der Waals surface area contributed by atoms with Gasteiger partial charge >= 0.3 is 6.09 Å². The first-order chi connectivity index (χ1) is 8.04. The van der Waals surface area contributed by atoms with Gasteiger partial charge in [0.25, 0.3) is 0 Å². The van der Waals surface area contributed by atoms with Crippen molar-refractivity contribution in [1.82, 2.24) is 10.3 Å². The van der Waals surface area contributed by atoms with Crippen molar-refractivity contribution < 1.29 is 14.3 Å². The third kappa shape index (κ3) is 4.20. The average Bonchev–Trinajstić information content (AvgIpc) is 2.65. The van der Waals surface area contributed by atoms with E-state index in [2.05, 4.69) is 29.5 Å². The van der Waals surface area contributed by atoms with Crippen molar-refractivity contribution in [3.8, 4) is 0 Å². The third-order valence-corrected chi connectivity index (χ3v) is 3.28. The molecule has 0 bridgehead atoms. The first-order valence-corrected chi connectivity index (χ1v) is 6.02. The number of rotatable bonds is 5. The van der Waals surface area contributed by atoms with E-state index in [1.807, 2.05) is 0 Å². The molecule has 1 heterocycles. The standard InChI is InChI=1S/C10H12N2O3S2/c1-3-4-15-10(14)11-5-7-12-6(2)8(17-7)9(13)16/h3H,1,4-5H2,2H3,(H,11,14)(H,13,16). The molecule has 0 fully saturated rings. The second-order valence-electron chi connectivity index (χ2n) is 3.07. The molecular weight excluding hydrogens is 260 g/mol. The van der Waals surface area contributed by atoms with Crippen LogP contribution in [-0.2, 0) is 11.3 Å². The lowest BCUT2D eigenvalue weighted by Crippen LogP contribution is -2.23. The zero-order chi connectivity index (χ0) is 12.8. The van der Waals surface area contributed by atoms with E-state index in [0.29, 0.717) is 15.6 Å². The summed E-state index contributed by atoms with van der Waals surface area (Å²) >= 11 is 4.94. The Bertz CT molecular complexity index is 443. The van der Waals surface area contributed by atoms with Crippen LogP contribution in [0.25, 0.3) is 0 Å². The molecule has 1 amide bonds. The fraction of sp³-hybridized carbons (Fsp3) is 0.300. The minimum atomic E-state index is -0.545. The van der Waals surface area contributed by atoms with Crippen molar-refractivity contribution in [3.63, 3.8) is 0 Å². The van der Waals surface area contributed by atoms with E-state index in [4.69, 9.17) is 4.74 Å². The first-order valence-electron chi connectivity index (χ1n) is 4.75. The normalized spacial score (nSPS) is 9.76. The van der Waals surface area contributed by atoms with E-state index in [0.717, 1.165) is 0 Å². The Hall–Kier alpha value is -1.34. The van der Waals surface area contributed by atoms with Gasteiger partial charge in [-0.25, -0.2) is 9.78 Å². The van der Waals surface area contributed by atoms with Crippen LogP contribution in [0.2, 0.25) is 0 Å². The lowest BCUT2D eigenvalue weighted by Gasteiger charge is -2.02. The van der Waals surface area contributed by atoms with Gasteiger partial charge in [-0.05, 0) is 6.92 Å². The minimum Gasteiger partial charge on any atom is -0.445 e. The zero-order valence-electron chi connectivity index (χ0n) is 9.23. The second-order valence-corrected chi connectivity index (χ2v) is 4.56. The number of carbonyl (C=O) groups is 2. The van der Waals surface area contributed by atoms with Crippen molar-refractivity contribution in [2.45, 2.75) is 13.5 Å². The maximum absolute atomic E-state index is 11.1. The zero-order valence-corrected chi connectivity index (χ0v) is 10.9. The number of nitrogens with one attached hydrogen (secondary N) is 1. The van der Waals surface area contributed by atoms with Crippen molar-refractivity contribution >= 4 is 35.2 Å². The molecule has 1 rings (SSSR count). The van der Waals surface area contributed by atoms with Crippen LogP contribution in [0.3, 0.4) is 0 Å². The Balaban J connectivity index is 2.52. The van der Waals surface area contributed by atoms with Crippen LogP contribution in [0.1, 0.15) is 20.4 Å². The van der Waals surface area contributed by atoms with Gasteiger partial charge in [0.05, 0.1) is 12.2 Å². The largest absolute Gasteiger partial charge is 0.445 e. The number of carbonyl (C=O) groups excluding carboxylic acids is 2. The molecule has 17 heavy (non-hydrogen) atoms. The van der Waals surface area contributed by atoms with Crippen LogP contribution in [0.4, 0.5) is 4.79 Å². The Morgan fingerprint density at radius 1 is 1.65 bits per heavy atom. The van der Waals surface area contributed by atoms with Crippen molar-refractivity contribution in [2.24, 2.45) is 0 Å². The van der Waals surface area contributed by atoms with E-state index in [1.54, 1.807) is 6.92 Å². The molecule has 1 N–H and O–H groups in total. The maximum atomic E-state index is 11.1. The summed E-state index contributed by atoms with van der Waals surface area (Å²) in [6, 6.07) is 0. The molecule has 0 aliphatic carbocycles. The molecule has 7 heteroatoms. The van der Waals surface area contributed by atoms with Gasteiger partial charge in [-0.15, -0.1) is 11.3 Å². The highest BCUT2D eigenvalue weighted by atomic mass is 32.1. The highest BCUT2D eigenvalue weighted by Crippen LogP contribution is 2.19. The van der Waals surface area contributed by atoms with Gasteiger partial charge in [0.1, 0.15) is 16.5 Å². The van der Waals surface area contributed by atoms with E-state index < -0.39 is 6.09 Å². The molecule has 5 nitrogen and oxygen atoms in total. The predicted molar refractivity (Wildman–Crippen MR) is 68.6 cm³/mol. The topological polar surface area (TPSA) is 68.3 Å². The fourth-order valence-electron chi connectivity index (χ4n) is 1.06. The van der Waals surface area contributed by atoms with E-state index in [1.165, 1.54) is 17.4 Å². The molecule has 0 aliphatic rings. The number of alkyl carbamates (subject to hydrolysis) is 1. The molecule has 0 atom stereocenters. The molecule has 0 spiro atoms. The molecule has 92 valence electrons. The number of nitrogens with zero attached hydrogens (tertiary/aromatic N) is 1. The molecule has 1 aromatic heterocycles. The summed E-state index contributed by atoms with van der Waals surface area (Å²) in [7, 11) is 0. The molecule has 0 saturated carbocycles. The molecule has 0 aromatic carbocycles. The quantitative estimate of drug-likeness (QED) is 0.635. The summed E-state index contributed by atoms with van der Waals surface area (Å²) in [6.45, 7) is 5.53. The molecule has 0 aliphatic heterocycles. The monoisotopic (exact) mass is 272 g/mol. The van der Waals surface area contributed by atoms with E-state index in [-0.39, 0.29) is 18.3 Å². The first kappa shape index (κ1) is 13.7. The number of thiol groups is 1. The maximum Gasteiger partial charge on any atom is 0.407 e. The summed E-state index contributed by atoms with van der Waals surface area (Å²) < 4.78 is 4.72. The lowest BCUT2D eigenvalue weighted by molar-refractivity contribution is 0.109. The number of hydrogen-bond donors (Lipinski definition) is 2. The highest BCUT2D eigenvalue weighted by molar-refractivity contribution is 7.97. The predicted octanol–water partition coefficient (Wildman–Crippen LogP) is 1.93. The molecule has 0 radical (unpaired) electrons. The number of ether oxygens (including phenoxy) is 1. The van der Waals surface area contributed by atoms with Crippen LogP contribution in [0, 0.1) is 6.92 Å². The van der Waals surface area contributed by atoms with Crippen molar-refractivity contribution in [2.75, 3.05) is 6.61 Å². The van der Waals surface area contributed by atoms with Crippen LogP contribution in [0.15, 0.2) is 12.7 Å². The minimum absolute atomic E-state index is 0.156. The van der Waals surface area contributed by atoms with E-state index in [9.17, 15) is 9.59 Å². The molecule has 0 saturated heterocycles. The van der Waals surface area contributed by atoms with Gasteiger partial charge in [-0.1, -0.05) is 25.3 Å². The Labute approximate surface area is 108 Å². The molecular formula is C10H12N2O3S2. The highest BCUT2D eigenvalue weighted by Gasteiger charge is 2.12. The Morgan fingerprint density at radius 3 is 2.88 bits per heavy atom. The van der Waals surface area contributed by atoms with E-state index >= 15 is 0 Å². The summed E-state index contributed by atoms with van der Waals surface area (Å²) in [6.07, 6.45) is 0.932. The van der Waals surface area contributed by atoms with Gasteiger partial charge in [-0.3, -0.25) is 4.79 Å². The number of hydrogen-bond acceptors (Lipinski definition) is 5. The summed E-state index contributed by atoms with van der Waals surface area (Å²) in [5.41, 5.74) is 0.617. The number of aryl methyl sites for hydroxylation is 1. The third-order valence-electron chi connectivity index (χ3n) is 1.75. The average molecular weight is 272 g/mol. The Kier molecular flexibility index (Phi) is 5.17. The van der Waals surface area contributed by atoms with Gasteiger partial charge in [0, 0.05) is 0 Å². The molecule has 1 aromatic rings. The van der Waals surface area contributed by atoms with Crippen LogP contribution in [0.5, 0.6) is 0 Å². The number of aromatic nitrogens is 1. The SMILES string of the molecule is C=CCOC(=O)NCc1nc(C)c(C(=O)S)s1. The Morgan fingerprint density at radius 2 is 2.35 bits per heavy atom. The number of amides is 1. The second kappa shape index (κ2) is 6.41. The summed E-state index contributed by atoms with van der Waals surface area (Å²) in [4.78, 5) is 26.8. The van der Waals surface area contributed by atoms with Gasteiger partial charge in [-0.2, -0.15) is 0 Å². The van der Waals surface area contributed by atoms with Gasteiger partial charge in [0.2, 0.25) is 5.12 Å². The van der Waals surface area contributed by atoms with Crippen molar-refractivity contribution in [1.29, 1.82) is 0 Å². The summed E-state index contributed by atoms with van der Waals surface area (Å²) in [5, 5.41) is 2.83. The smallest absolute Gasteiger partial charge is 0.407 e. The van der Waals surface area contributed by atoms with Crippen molar-refractivity contribution in [3.05, 3.63) is 28.2 Å². The van der Waals surface area contributed by atoms with Gasteiger partial charge < -0.3 is 10.1 Å². The lowest BCUT2D eigenvalue weighted by atomic mass is 10.4. The fourth-order valence-corrected chi connectivity index (χ4v) is 2.20. The van der Waals surface area contributed by atoms with Crippen LogP contribution in [-0.4, -0.2) is 22.8 Å². The van der Waals surface area contributed by atoms with Crippen LogP contribution >= 0.6 is 24.0 Å². The number of thiazole rings is 1. The molecule has 0 unspecified atom stereocenters.